The van der Waals surface area contributed by atoms with Crippen molar-refractivity contribution in [1.82, 2.24) is 5.32 Å². The molecular formula is C19H21N3O4. The molecule has 3 N–H and O–H groups in total. The first-order chi connectivity index (χ1) is 12.7. The number of methoxy groups -OCH3 is 1. The zero-order chi connectivity index (χ0) is 18.4. The highest BCUT2D eigenvalue weighted by Gasteiger charge is 2.23. The van der Waals surface area contributed by atoms with E-state index in [-0.39, 0.29) is 11.8 Å². The molecule has 0 radical (unpaired) electrons. The van der Waals surface area contributed by atoms with E-state index in [1.165, 1.54) is 0 Å². The standard InChI is InChI=1S/C19H21N3O4/c1-25-14-6-4-5-13(11-14)21-18(23)15-7-2-3-8-16(15)22-19(24)17-12-20-9-10-26-17/h2-8,11,17,20H,9-10,12H2,1H3,(H,21,23)(H,22,24). The summed E-state index contributed by atoms with van der Waals surface area (Å²) in [7, 11) is 1.56. The molecule has 1 fully saturated rings. The van der Waals surface area contributed by atoms with Crippen molar-refractivity contribution < 1.29 is 19.1 Å². The van der Waals surface area contributed by atoms with E-state index in [0.717, 1.165) is 6.54 Å². The molecule has 1 saturated heterocycles. The van der Waals surface area contributed by atoms with Crippen molar-refractivity contribution >= 4 is 23.2 Å². The Hall–Kier alpha value is -2.90. The summed E-state index contributed by atoms with van der Waals surface area (Å²) in [6.07, 6.45) is -0.571. The van der Waals surface area contributed by atoms with E-state index in [9.17, 15) is 9.59 Å². The van der Waals surface area contributed by atoms with Crippen LogP contribution in [0.25, 0.3) is 0 Å². The van der Waals surface area contributed by atoms with Gasteiger partial charge in [-0.05, 0) is 24.3 Å². The highest BCUT2D eigenvalue weighted by molar-refractivity contribution is 6.10. The van der Waals surface area contributed by atoms with Crippen molar-refractivity contribution in [3.63, 3.8) is 0 Å². The molecule has 0 aromatic heterocycles. The number of para-hydroxylation sites is 1. The lowest BCUT2D eigenvalue weighted by Crippen LogP contribution is -2.45. The van der Waals surface area contributed by atoms with Crippen LogP contribution in [-0.2, 0) is 9.53 Å². The average Bonchev–Trinajstić information content (AvgIpc) is 2.69. The monoisotopic (exact) mass is 355 g/mol. The number of hydrogen-bond donors (Lipinski definition) is 3. The van der Waals surface area contributed by atoms with Gasteiger partial charge in [0.25, 0.3) is 11.8 Å². The first-order valence-electron chi connectivity index (χ1n) is 8.35. The van der Waals surface area contributed by atoms with Gasteiger partial charge in [-0.3, -0.25) is 9.59 Å². The van der Waals surface area contributed by atoms with E-state index in [4.69, 9.17) is 9.47 Å². The van der Waals surface area contributed by atoms with Crippen LogP contribution in [0.2, 0.25) is 0 Å². The predicted octanol–water partition coefficient (Wildman–Crippen LogP) is 1.87. The first kappa shape index (κ1) is 17.9. The highest BCUT2D eigenvalue weighted by Crippen LogP contribution is 2.20. The van der Waals surface area contributed by atoms with Crippen LogP contribution in [-0.4, -0.2) is 44.7 Å². The normalized spacial score (nSPS) is 16.6. The summed E-state index contributed by atoms with van der Waals surface area (Å²) in [5.74, 6) is 0.0435. The van der Waals surface area contributed by atoms with Crippen molar-refractivity contribution in [2.75, 3.05) is 37.4 Å². The van der Waals surface area contributed by atoms with Crippen LogP contribution in [0.15, 0.2) is 48.5 Å². The predicted molar refractivity (Wildman–Crippen MR) is 98.6 cm³/mol. The van der Waals surface area contributed by atoms with Crippen molar-refractivity contribution in [3.05, 3.63) is 54.1 Å². The number of hydrogen-bond acceptors (Lipinski definition) is 5. The van der Waals surface area contributed by atoms with Gasteiger partial charge < -0.3 is 25.4 Å². The Bertz CT molecular complexity index is 788. The van der Waals surface area contributed by atoms with Crippen molar-refractivity contribution in [2.24, 2.45) is 0 Å². The van der Waals surface area contributed by atoms with E-state index >= 15 is 0 Å². The number of ether oxygens (including phenoxy) is 2. The Kier molecular flexibility index (Phi) is 5.83. The van der Waals surface area contributed by atoms with Crippen LogP contribution in [0, 0.1) is 0 Å². The van der Waals surface area contributed by atoms with Crippen LogP contribution >= 0.6 is 0 Å². The Morgan fingerprint density at radius 3 is 2.77 bits per heavy atom. The van der Waals surface area contributed by atoms with Gasteiger partial charge in [0.15, 0.2) is 0 Å². The quantitative estimate of drug-likeness (QED) is 0.762. The Labute approximate surface area is 151 Å². The Balaban J connectivity index is 1.73. The van der Waals surface area contributed by atoms with Gasteiger partial charge in [0.1, 0.15) is 11.9 Å². The molecule has 1 heterocycles. The van der Waals surface area contributed by atoms with Gasteiger partial charge in [-0.2, -0.15) is 0 Å². The first-order valence-corrected chi connectivity index (χ1v) is 8.35. The third-order valence-electron chi connectivity index (χ3n) is 3.98. The largest absolute Gasteiger partial charge is 0.497 e. The number of carbonyl (C=O) groups is 2. The molecule has 2 aromatic carbocycles. The summed E-state index contributed by atoms with van der Waals surface area (Å²) < 4.78 is 10.6. The summed E-state index contributed by atoms with van der Waals surface area (Å²) >= 11 is 0. The van der Waals surface area contributed by atoms with E-state index in [0.29, 0.717) is 35.8 Å². The van der Waals surface area contributed by atoms with Crippen molar-refractivity contribution in [1.29, 1.82) is 0 Å². The minimum absolute atomic E-state index is 0.279. The molecule has 0 bridgehead atoms. The zero-order valence-electron chi connectivity index (χ0n) is 14.5. The Morgan fingerprint density at radius 2 is 2.00 bits per heavy atom. The number of morpholine rings is 1. The number of benzene rings is 2. The third-order valence-corrected chi connectivity index (χ3v) is 3.98. The second-order valence-electron chi connectivity index (χ2n) is 5.78. The van der Waals surface area contributed by atoms with Gasteiger partial charge in [-0.15, -0.1) is 0 Å². The van der Waals surface area contributed by atoms with Gasteiger partial charge in [-0.1, -0.05) is 18.2 Å². The van der Waals surface area contributed by atoms with Crippen LogP contribution in [0.4, 0.5) is 11.4 Å². The van der Waals surface area contributed by atoms with E-state index in [1.807, 2.05) is 0 Å². The maximum absolute atomic E-state index is 12.6. The molecule has 1 unspecified atom stereocenters. The molecule has 7 nitrogen and oxygen atoms in total. The van der Waals surface area contributed by atoms with Crippen LogP contribution < -0.4 is 20.7 Å². The molecule has 3 rings (SSSR count). The molecule has 136 valence electrons. The maximum Gasteiger partial charge on any atom is 0.257 e. The summed E-state index contributed by atoms with van der Waals surface area (Å²) in [5, 5.41) is 8.70. The number of rotatable bonds is 5. The third kappa shape index (κ3) is 4.38. The number of carbonyl (C=O) groups excluding carboxylic acids is 2. The van der Waals surface area contributed by atoms with Crippen molar-refractivity contribution in [2.45, 2.75) is 6.10 Å². The fourth-order valence-electron chi connectivity index (χ4n) is 2.64. The lowest BCUT2D eigenvalue weighted by molar-refractivity contribution is -0.128. The van der Waals surface area contributed by atoms with Crippen LogP contribution in [0.3, 0.4) is 0 Å². The minimum atomic E-state index is -0.571. The van der Waals surface area contributed by atoms with Gasteiger partial charge in [0.2, 0.25) is 0 Å². The molecule has 7 heteroatoms. The van der Waals surface area contributed by atoms with Gasteiger partial charge in [0.05, 0.1) is 25.0 Å². The van der Waals surface area contributed by atoms with Crippen LogP contribution in [0.5, 0.6) is 5.75 Å². The summed E-state index contributed by atoms with van der Waals surface area (Å²) in [4.78, 5) is 25.0. The van der Waals surface area contributed by atoms with E-state index in [2.05, 4.69) is 16.0 Å². The zero-order valence-corrected chi connectivity index (χ0v) is 14.5. The molecule has 2 aromatic rings. The Morgan fingerprint density at radius 1 is 1.15 bits per heavy atom. The fourth-order valence-corrected chi connectivity index (χ4v) is 2.64. The molecular weight excluding hydrogens is 334 g/mol. The molecule has 0 spiro atoms. The van der Waals surface area contributed by atoms with Gasteiger partial charge in [0, 0.05) is 24.8 Å². The summed E-state index contributed by atoms with van der Waals surface area (Å²) in [5.41, 5.74) is 1.41. The minimum Gasteiger partial charge on any atom is -0.497 e. The van der Waals surface area contributed by atoms with Crippen molar-refractivity contribution in [3.8, 4) is 5.75 Å². The van der Waals surface area contributed by atoms with Crippen LogP contribution in [0.1, 0.15) is 10.4 Å². The number of amides is 2. The molecule has 1 atom stereocenters. The van der Waals surface area contributed by atoms with E-state index in [1.54, 1.807) is 55.6 Å². The second kappa shape index (κ2) is 8.46. The smallest absolute Gasteiger partial charge is 0.257 e. The van der Waals surface area contributed by atoms with Gasteiger partial charge >= 0.3 is 0 Å². The molecule has 0 saturated carbocycles. The summed E-state index contributed by atoms with van der Waals surface area (Å²) in [6.45, 7) is 1.66. The average molecular weight is 355 g/mol. The SMILES string of the molecule is COc1cccc(NC(=O)c2ccccc2NC(=O)C2CNCCO2)c1. The topological polar surface area (TPSA) is 88.7 Å². The number of nitrogens with one attached hydrogen (secondary N) is 3. The molecule has 1 aliphatic heterocycles. The molecule has 2 amide bonds. The fraction of sp³-hybridized carbons (Fsp3) is 0.263. The molecule has 1 aliphatic rings. The second-order valence-corrected chi connectivity index (χ2v) is 5.78. The maximum atomic E-state index is 12.6. The summed E-state index contributed by atoms with van der Waals surface area (Å²) in [6, 6.07) is 13.9. The number of anilines is 2. The highest BCUT2D eigenvalue weighted by atomic mass is 16.5. The lowest BCUT2D eigenvalue weighted by atomic mass is 10.1. The lowest BCUT2D eigenvalue weighted by Gasteiger charge is -2.23. The molecule has 0 aliphatic carbocycles. The molecule has 26 heavy (non-hydrogen) atoms. The van der Waals surface area contributed by atoms with E-state index < -0.39 is 6.10 Å². The van der Waals surface area contributed by atoms with Gasteiger partial charge in [-0.25, -0.2) is 0 Å².